The number of amides is 1. The second-order valence-electron chi connectivity index (χ2n) is 5.52. The lowest BCUT2D eigenvalue weighted by molar-refractivity contribution is -0.142. The van der Waals surface area contributed by atoms with Gasteiger partial charge >= 0.3 is 5.97 Å². The smallest absolute Gasteiger partial charge is 0.326 e. The van der Waals surface area contributed by atoms with Gasteiger partial charge in [-0.25, -0.2) is 4.79 Å². The van der Waals surface area contributed by atoms with Gasteiger partial charge in [-0.2, -0.15) is 0 Å². The van der Waals surface area contributed by atoms with E-state index in [4.69, 9.17) is 9.47 Å². The van der Waals surface area contributed by atoms with Crippen LogP contribution in [0, 0.1) is 0 Å². The van der Waals surface area contributed by atoms with Crippen molar-refractivity contribution in [3.05, 3.63) is 65.7 Å². The first-order chi connectivity index (χ1) is 12.1. The highest BCUT2D eigenvalue weighted by atomic mass is 16.5. The molecule has 132 valence electrons. The minimum Gasteiger partial charge on any atom is -0.489 e. The highest BCUT2D eigenvalue weighted by Gasteiger charge is 2.20. The molecule has 0 aliphatic carbocycles. The fraction of sp³-hybridized carbons (Fsp3) is 0.263. The molecule has 6 nitrogen and oxygen atoms in total. The number of benzene rings is 2. The summed E-state index contributed by atoms with van der Waals surface area (Å²) in [6, 6.07) is 15.9. The van der Waals surface area contributed by atoms with Crippen LogP contribution in [-0.4, -0.2) is 36.7 Å². The van der Waals surface area contributed by atoms with Crippen molar-refractivity contribution in [2.75, 3.05) is 13.7 Å². The van der Waals surface area contributed by atoms with Gasteiger partial charge in [0, 0.05) is 13.5 Å². The van der Waals surface area contributed by atoms with Gasteiger partial charge in [-0.3, -0.25) is 4.79 Å². The largest absolute Gasteiger partial charge is 0.489 e. The second-order valence-corrected chi connectivity index (χ2v) is 5.52. The number of carbonyl (C=O) groups excluding carboxylic acids is 1. The van der Waals surface area contributed by atoms with E-state index in [1.165, 1.54) is 7.11 Å². The summed E-state index contributed by atoms with van der Waals surface area (Å²) >= 11 is 0. The number of carboxylic acids is 1. The molecule has 1 amide bonds. The van der Waals surface area contributed by atoms with Crippen molar-refractivity contribution < 1.29 is 24.2 Å². The first-order valence-corrected chi connectivity index (χ1v) is 7.85. The standard InChI is InChI=1S/C19H21NO5/c1-24-13-18(21)20-17(19(22)23)11-15-8-5-9-16(10-15)25-12-14-6-3-2-4-7-14/h2-10,17H,11-13H2,1H3,(H,20,21)(H,22,23)/t17-/m1/s1. The van der Waals surface area contributed by atoms with Crippen molar-refractivity contribution in [2.24, 2.45) is 0 Å². The molecule has 6 heteroatoms. The molecule has 2 aromatic carbocycles. The Morgan fingerprint density at radius 2 is 1.80 bits per heavy atom. The highest BCUT2D eigenvalue weighted by molar-refractivity contribution is 5.84. The molecule has 0 fully saturated rings. The average molecular weight is 343 g/mol. The molecule has 0 spiro atoms. The first kappa shape index (κ1) is 18.5. The molecule has 1 atom stereocenters. The molecule has 0 radical (unpaired) electrons. The summed E-state index contributed by atoms with van der Waals surface area (Å²) in [7, 11) is 1.38. The van der Waals surface area contributed by atoms with Crippen molar-refractivity contribution in [2.45, 2.75) is 19.1 Å². The Morgan fingerprint density at radius 3 is 2.48 bits per heavy atom. The normalized spacial score (nSPS) is 11.6. The molecule has 0 bridgehead atoms. The minimum absolute atomic E-state index is 0.160. The van der Waals surface area contributed by atoms with Gasteiger partial charge in [-0.1, -0.05) is 42.5 Å². The van der Waals surface area contributed by atoms with Crippen LogP contribution < -0.4 is 10.1 Å². The van der Waals surface area contributed by atoms with Crippen LogP contribution in [0.15, 0.2) is 54.6 Å². The minimum atomic E-state index is -1.10. The Morgan fingerprint density at radius 1 is 1.08 bits per heavy atom. The lowest BCUT2D eigenvalue weighted by Crippen LogP contribution is -2.43. The number of carbonyl (C=O) groups is 2. The number of hydrogen-bond acceptors (Lipinski definition) is 4. The molecular weight excluding hydrogens is 322 g/mol. The first-order valence-electron chi connectivity index (χ1n) is 7.85. The number of hydrogen-bond donors (Lipinski definition) is 2. The molecule has 2 aromatic rings. The summed E-state index contributed by atoms with van der Waals surface area (Å²) in [5.41, 5.74) is 1.80. The number of methoxy groups -OCH3 is 1. The summed E-state index contributed by atoms with van der Waals surface area (Å²) in [6.45, 7) is 0.251. The van der Waals surface area contributed by atoms with E-state index in [2.05, 4.69) is 5.32 Å². The monoisotopic (exact) mass is 343 g/mol. The van der Waals surface area contributed by atoms with Crippen LogP contribution in [0.1, 0.15) is 11.1 Å². The van der Waals surface area contributed by atoms with E-state index in [0.717, 1.165) is 11.1 Å². The number of nitrogens with one attached hydrogen (secondary N) is 1. The third-order valence-corrected chi connectivity index (χ3v) is 3.50. The van der Waals surface area contributed by atoms with Gasteiger partial charge in [-0.15, -0.1) is 0 Å². The molecular formula is C19H21NO5. The van der Waals surface area contributed by atoms with E-state index < -0.39 is 17.9 Å². The molecule has 2 rings (SSSR count). The summed E-state index contributed by atoms with van der Waals surface area (Å²) in [5, 5.41) is 11.7. The molecule has 0 aliphatic rings. The molecule has 0 heterocycles. The molecule has 2 N–H and O–H groups in total. The van der Waals surface area contributed by atoms with Crippen LogP contribution in [0.2, 0.25) is 0 Å². The van der Waals surface area contributed by atoms with Crippen molar-refractivity contribution >= 4 is 11.9 Å². The highest BCUT2D eigenvalue weighted by Crippen LogP contribution is 2.16. The third kappa shape index (κ3) is 6.27. The Hall–Kier alpha value is -2.86. The zero-order valence-corrected chi connectivity index (χ0v) is 14.0. The van der Waals surface area contributed by atoms with Crippen LogP contribution in [0.3, 0.4) is 0 Å². The van der Waals surface area contributed by atoms with Crippen LogP contribution in [-0.2, 0) is 27.4 Å². The maximum atomic E-state index is 11.6. The van der Waals surface area contributed by atoms with Crippen LogP contribution in [0.25, 0.3) is 0 Å². The maximum Gasteiger partial charge on any atom is 0.326 e. The summed E-state index contributed by atoms with van der Waals surface area (Å²) in [5.74, 6) is -0.917. The Labute approximate surface area is 146 Å². The zero-order valence-electron chi connectivity index (χ0n) is 14.0. The number of aliphatic carboxylic acids is 1. The van der Waals surface area contributed by atoms with Crippen molar-refractivity contribution in [3.8, 4) is 5.75 Å². The van der Waals surface area contributed by atoms with Gasteiger partial charge in [0.25, 0.3) is 0 Å². The SMILES string of the molecule is COCC(=O)N[C@H](Cc1cccc(OCc2ccccc2)c1)C(=O)O. The van der Waals surface area contributed by atoms with Gasteiger partial charge in [0.1, 0.15) is 25.0 Å². The van der Waals surface area contributed by atoms with E-state index in [0.29, 0.717) is 12.4 Å². The molecule has 0 saturated carbocycles. The fourth-order valence-electron chi connectivity index (χ4n) is 2.31. The topological polar surface area (TPSA) is 84.9 Å². The van der Waals surface area contributed by atoms with Crippen LogP contribution in [0.5, 0.6) is 5.75 Å². The zero-order chi connectivity index (χ0) is 18.1. The molecule has 0 saturated heterocycles. The summed E-state index contributed by atoms with van der Waals surface area (Å²) < 4.78 is 10.4. The molecule has 0 unspecified atom stereocenters. The van der Waals surface area contributed by atoms with Gasteiger partial charge in [0.05, 0.1) is 0 Å². The summed E-state index contributed by atoms with van der Waals surface area (Å²) in [4.78, 5) is 22.9. The number of rotatable bonds is 9. The van der Waals surface area contributed by atoms with Gasteiger partial charge < -0.3 is 19.9 Å². The Balaban J connectivity index is 1.98. The van der Waals surface area contributed by atoms with Gasteiger partial charge in [0.2, 0.25) is 5.91 Å². The molecule has 0 aromatic heterocycles. The fourth-order valence-corrected chi connectivity index (χ4v) is 2.31. The Kier molecular flexibility index (Phi) is 6.98. The maximum absolute atomic E-state index is 11.6. The van der Waals surface area contributed by atoms with E-state index in [-0.39, 0.29) is 13.0 Å². The van der Waals surface area contributed by atoms with E-state index in [1.807, 2.05) is 36.4 Å². The number of carboxylic acid groups (broad SMARTS) is 1. The quantitative estimate of drug-likeness (QED) is 0.728. The summed E-state index contributed by atoms with van der Waals surface area (Å²) in [6.07, 6.45) is 0.160. The molecule has 25 heavy (non-hydrogen) atoms. The lowest BCUT2D eigenvalue weighted by Gasteiger charge is -2.15. The average Bonchev–Trinajstić information content (AvgIpc) is 2.61. The predicted octanol–water partition coefficient (Wildman–Crippen LogP) is 2.02. The predicted molar refractivity (Wildman–Crippen MR) is 92.4 cm³/mol. The van der Waals surface area contributed by atoms with E-state index in [1.54, 1.807) is 18.2 Å². The van der Waals surface area contributed by atoms with Crippen LogP contribution >= 0.6 is 0 Å². The van der Waals surface area contributed by atoms with E-state index >= 15 is 0 Å². The lowest BCUT2D eigenvalue weighted by atomic mass is 10.1. The van der Waals surface area contributed by atoms with Gasteiger partial charge in [-0.05, 0) is 23.3 Å². The molecule has 0 aliphatic heterocycles. The van der Waals surface area contributed by atoms with Crippen molar-refractivity contribution in [1.29, 1.82) is 0 Å². The Bertz CT molecular complexity index is 702. The van der Waals surface area contributed by atoms with Crippen molar-refractivity contribution in [1.82, 2.24) is 5.32 Å². The number of ether oxygens (including phenoxy) is 2. The second kappa shape index (κ2) is 9.44. The van der Waals surface area contributed by atoms with Crippen LogP contribution in [0.4, 0.5) is 0 Å². The third-order valence-electron chi connectivity index (χ3n) is 3.50. The van der Waals surface area contributed by atoms with Crippen molar-refractivity contribution in [3.63, 3.8) is 0 Å². The van der Waals surface area contributed by atoms with E-state index in [9.17, 15) is 14.7 Å². The van der Waals surface area contributed by atoms with Gasteiger partial charge in [0.15, 0.2) is 0 Å².